The van der Waals surface area contributed by atoms with Gasteiger partial charge in [-0.05, 0) is 13.3 Å². The number of carbonyl (C=O) groups excluding carboxylic acids is 1. The molecule has 18 heavy (non-hydrogen) atoms. The number of aliphatic carboxylic acids is 1. The summed E-state index contributed by atoms with van der Waals surface area (Å²) in [5, 5.41) is 8.96. The average molecular weight is 273 g/mol. The second-order valence-electron chi connectivity index (χ2n) is 3.66. The van der Waals surface area contributed by atoms with E-state index in [2.05, 4.69) is 9.97 Å². The molecule has 0 aliphatic heterocycles. The lowest BCUT2D eigenvalue weighted by Crippen LogP contribution is -2.28. The maximum atomic E-state index is 11.8. The molecular weight excluding hydrogens is 260 g/mol. The fraction of sp³-hybridized carbons (Fsp3) is 0.455. The molecule has 0 amide bonds. The number of halogens is 1. The first kappa shape index (κ1) is 14.4. The van der Waals surface area contributed by atoms with Gasteiger partial charge in [0, 0.05) is 12.4 Å². The van der Waals surface area contributed by atoms with Gasteiger partial charge in [-0.25, -0.2) is 4.98 Å². The van der Waals surface area contributed by atoms with Crippen LogP contribution in [0.15, 0.2) is 12.4 Å². The lowest BCUT2D eigenvalue weighted by Gasteiger charge is -2.15. The number of carboxylic acid groups (broad SMARTS) is 1. The molecule has 0 saturated carbocycles. The molecule has 0 fully saturated rings. The van der Waals surface area contributed by atoms with Gasteiger partial charge in [-0.3, -0.25) is 14.6 Å². The first-order valence-corrected chi connectivity index (χ1v) is 5.74. The van der Waals surface area contributed by atoms with E-state index < -0.39 is 17.9 Å². The molecule has 7 heteroatoms. The van der Waals surface area contributed by atoms with Gasteiger partial charge in [-0.15, -0.1) is 0 Å². The highest BCUT2D eigenvalue weighted by atomic mass is 35.5. The Morgan fingerprint density at radius 2 is 2.06 bits per heavy atom. The Morgan fingerprint density at radius 1 is 1.44 bits per heavy atom. The van der Waals surface area contributed by atoms with Crippen molar-refractivity contribution in [2.45, 2.75) is 32.3 Å². The van der Waals surface area contributed by atoms with Gasteiger partial charge in [-0.2, -0.15) is 0 Å². The summed E-state index contributed by atoms with van der Waals surface area (Å²) in [6.45, 7) is 3.50. The Labute approximate surface area is 109 Å². The third-order valence-corrected chi connectivity index (χ3v) is 2.62. The van der Waals surface area contributed by atoms with Crippen molar-refractivity contribution in [2.75, 3.05) is 0 Å². The minimum Gasteiger partial charge on any atom is -0.480 e. The van der Waals surface area contributed by atoms with Crippen LogP contribution in [0.1, 0.15) is 31.9 Å². The molecule has 0 aliphatic carbocycles. The molecule has 0 spiro atoms. The van der Waals surface area contributed by atoms with Crippen molar-refractivity contribution >= 4 is 23.5 Å². The third kappa shape index (κ3) is 3.40. The van der Waals surface area contributed by atoms with Gasteiger partial charge in [0.2, 0.25) is 0 Å². The fourth-order valence-electron chi connectivity index (χ4n) is 1.20. The minimum absolute atomic E-state index is 0.111. The van der Waals surface area contributed by atoms with Gasteiger partial charge in [0.15, 0.2) is 11.1 Å². The zero-order chi connectivity index (χ0) is 13.7. The molecule has 1 rings (SSSR count). The van der Waals surface area contributed by atoms with E-state index in [1.54, 1.807) is 6.92 Å². The molecule has 1 aromatic heterocycles. The standard InChI is InChI=1S/C11H13ClN2O4/c1-3-6(2)18-11(17)7(10(15)16)8-9(12)14-5-4-13-8/h4-7H,3H2,1-2H3,(H,15,16). The highest BCUT2D eigenvalue weighted by Crippen LogP contribution is 2.22. The lowest BCUT2D eigenvalue weighted by molar-refractivity contribution is -0.157. The van der Waals surface area contributed by atoms with Crippen LogP contribution in [0.4, 0.5) is 0 Å². The molecular formula is C11H13ClN2O4. The van der Waals surface area contributed by atoms with Gasteiger partial charge < -0.3 is 9.84 Å². The Kier molecular flexibility index (Phi) is 5.03. The summed E-state index contributed by atoms with van der Waals surface area (Å²) >= 11 is 5.73. The summed E-state index contributed by atoms with van der Waals surface area (Å²) in [6.07, 6.45) is 2.81. The molecule has 2 atom stereocenters. The Balaban J connectivity index is 3.01. The molecule has 0 aromatic carbocycles. The predicted octanol–water partition coefficient (Wildman–Crippen LogP) is 1.64. The third-order valence-electron chi connectivity index (χ3n) is 2.33. The number of aromatic nitrogens is 2. The van der Waals surface area contributed by atoms with Gasteiger partial charge in [0.05, 0.1) is 6.10 Å². The zero-order valence-corrected chi connectivity index (χ0v) is 10.7. The first-order chi connectivity index (χ1) is 8.47. The van der Waals surface area contributed by atoms with Crippen molar-refractivity contribution in [3.63, 3.8) is 0 Å². The van der Waals surface area contributed by atoms with Crippen LogP contribution in [0.25, 0.3) is 0 Å². The van der Waals surface area contributed by atoms with Crippen LogP contribution in [-0.2, 0) is 14.3 Å². The van der Waals surface area contributed by atoms with Gasteiger partial charge in [0.25, 0.3) is 0 Å². The van der Waals surface area contributed by atoms with Crippen LogP contribution < -0.4 is 0 Å². The maximum absolute atomic E-state index is 11.8. The molecule has 0 bridgehead atoms. The molecule has 98 valence electrons. The normalized spacial score (nSPS) is 13.7. The maximum Gasteiger partial charge on any atom is 0.326 e. The van der Waals surface area contributed by atoms with E-state index in [9.17, 15) is 9.59 Å². The van der Waals surface area contributed by atoms with E-state index in [4.69, 9.17) is 21.4 Å². The number of carboxylic acids is 1. The SMILES string of the molecule is CCC(C)OC(=O)C(C(=O)O)c1nccnc1Cl. The number of nitrogens with zero attached hydrogens (tertiary/aromatic N) is 2. The second kappa shape index (κ2) is 6.30. The largest absolute Gasteiger partial charge is 0.480 e. The molecule has 0 radical (unpaired) electrons. The molecule has 1 heterocycles. The van der Waals surface area contributed by atoms with Crippen molar-refractivity contribution in [3.8, 4) is 0 Å². The average Bonchev–Trinajstić information content (AvgIpc) is 2.31. The van der Waals surface area contributed by atoms with Crippen molar-refractivity contribution < 1.29 is 19.4 Å². The fourth-order valence-corrected chi connectivity index (χ4v) is 1.42. The summed E-state index contributed by atoms with van der Waals surface area (Å²) in [7, 11) is 0. The quantitative estimate of drug-likeness (QED) is 0.647. The van der Waals surface area contributed by atoms with Gasteiger partial charge >= 0.3 is 11.9 Å². The van der Waals surface area contributed by atoms with Crippen LogP contribution in [0.5, 0.6) is 0 Å². The van der Waals surface area contributed by atoms with E-state index in [0.717, 1.165) is 0 Å². The van der Waals surface area contributed by atoms with Crippen LogP contribution in [0.3, 0.4) is 0 Å². The second-order valence-corrected chi connectivity index (χ2v) is 4.02. The highest BCUT2D eigenvalue weighted by molar-refractivity contribution is 6.30. The lowest BCUT2D eigenvalue weighted by atomic mass is 10.1. The zero-order valence-electron chi connectivity index (χ0n) is 9.96. The van der Waals surface area contributed by atoms with Crippen LogP contribution >= 0.6 is 11.6 Å². The molecule has 2 unspecified atom stereocenters. The van der Waals surface area contributed by atoms with E-state index in [-0.39, 0.29) is 17.0 Å². The molecule has 1 aromatic rings. The molecule has 6 nitrogen and oxygen atoms in total. The van der Waals surface area contributed by atoms with E-state index >= 15 is 0 Å². The Morgan fingerprint density at radius 3 is 2.56 bits per heavy atom. The summed E-state index contributed by atoms with van der Waals surface area (Å²) in [5.41, 5.74) is -0.111. The molecule has 0 saturated heterocycles. The predicted molar refractivity (Wildman–Crippen MR) is 63.3 cm³/mol. The summed E-state index contributed by atoms with van der Waals surface area (Å²) < 4.78 is 4.99. The Bertz CT molecular complexity index is 452. The van der Waals surface area contributed by atoms with E-state index in [1.807, 2.05) is 6.92 Å². The monoisotopic (exact) mass is 272 g/mol. The Hall–Kier alpha value is -1.69. The molecule has 1 N–H and O–H groups in total. The number of rotatable bonds is 5. The summed E-state index contributed by atoms with van der Waals surface area (Å²) in [6, 6.07) is 0. The first-order valence-electron chi connectivity index (χ1n) is 5.37. The number of hydrogen-bond donors (Lipinski definition) is 1. The number of carbonyl (C=O) groups is 2. The van der Waals surface area contributed by atoms with Crippen molar-refractivity contribution in [2.24, 2.45) is 0 Å². The van der Waals surface area contributed by atoms with Crippen molar-refractivity contribution in [1.29, 1.82) is 0 Å². The minimum atomic E-state index is -1.56. The van der Waals surface area contributed by atoms with E-state index in [1.165, 1.54) is 12.4 Å². The summed E-state index contributed by atoms with van der Waals surface area (Å²) in [4.78, 5) is 30.4. The van der Waals surface area contributed by atoms with Crippen molar-refractivity contribution in [1.82, 2.24) is 9.97 Å². The smallest absolute Gasteiger partial charge is 0.326 e. The number of hydrogen-bond acceptors (Lipinski definition) is 5. The van der Waals surface area contributed by atoms with Crippen LogP contribution in [0, 0.1) is 0 Å². The summed E-state index contributed by atoms with van der Waals surface area (Å²) in [5.74, 6) is -3.81. The van der Waals surface area contributed by atoms with Crippen LogP contribution in [-0.4, -0.2) is 33.1 Å². The molecule has 0 aliphatic rings. The van der Waals surface area contributed by atoms with Crippen LogP contribution in [0.2, 0.25) is 5.15 Å². The number of esters is 1. The van der Waals surface area contributed by atoms with Gasteiger partial charge in [0.1, 0.15) is 5.69 Å². The van der Waals surface area contributed by atoms with E-state index in [0.29, 0.717) is 6.42 Å². The highest BCUT2D eigenvalue weighted by Gasteiger charge is 2.34. The topological polar surface area (TPSA) is 89.4 Å². The van der Waals surface area contributed by atoms with Gasteiger partial charge in [-0.1, -0.05) is 18.5 Å². The van der Waals surface area contributed by atoms with Crippen molar-refractivity contribution in [3.05, 3.63) is 23.2 Å². The number of ether oxygens (including phenoxy) is 1.